The van der Waals surface area contributed by atoms with Crippen LogP contribution in [0.25, 0.3) is 5.57 Å². The Kier molecular flexibility index (Phi) is 8.60. The molecule has 35 heavy (non-hydrogen) atoms. The molecule has 0 bridgehead atoms. The van der Waals surface area contributed by atoms with Crippen molar-refractivity contribution in [1.82, 2.24) is 0 Å². The molecule has 0 aliphatic carbocycles. The van der Waals surface area contributed by atoms with E-state index in [4.69, 9.17) is 9.47 Å². The van der Waals surface area contributed by atoms with Gasteiger partial charge in [0.05, 0.1) is 12.8 Å². The molecule has 0 atom stereocenters. The fourth-order valence-corrected chi connectivity index (χ4v) is 3.04. The lowest BCUT2D eigenvalue weighted by atomic mass is 10.0. The van der Waals surface area contributed by atoms with Crippen LogP contribution in [-0.2, 0) is 9.53 Å². The average Bonchev–Trinajstić information content (AvgIpc) is 2.85. The van der Waals surface area contributed by atoms with Crippen molar-refractivity contribution < 1.29 is 36.6 Å². The molecule has 0 saturated carbocycles. The van der Waals surface area contributed by atoms with Crippen LogP contribution in [0.15, 0.2) is 76.5 Å². The third-order valence-corrected chi connectivity index (χ3v) is 4.67. The van der Waals surface area contributed by atoms with Crippen LogP contribution >= 0.6 is 0 Å². The minimum absolute atomic E-state index is 0.0398. The maximum Gasteiger partial charge on any atom is 0.387 e. The lowest BCUT2D eigenvalue weighted by molar-refractivity contribution is -0.103. The van der Waals surface area contributed by atoms with E-state index in [2.05, 4.69) is 14.8 Å². The zero-order chi connectivity index (χ0) is 25.4. The largest absolute Gasteiger partial charge is 0.497 e. The van der Waals surface area contributed by atoms with E-state index >= 15 is 0 Å². The third-order valence-electron chi connectivity index (χ3n) is 4.67. The Morgan fingerprint density at radius 3 is 2.26 bits per heavy atom. The van der Waals surface area contributed by atoms with Crippen molar-refractivity contribution in [3.05, 3.63) is 71.9 Å². The van der Waals surface area contributed by atoms with Gasteiger partial charge in [-0.15, -0.1) is 0 Å². The molecule has 0 spiro atoms. The number of allylic oxidation sites excluding steroid dienone is 2. The summed E-state index contributed by atoms with van der Waals surface area (Å²) in [4.78, 5) is 16.3. The van der Waals surface area contributed by atoms with Crippen molar-refractivity contribution >= 4 is 29.2 Å². The topological polar surface area (TPSA) is 72.7 Å². The average molecular weight is 491 g/mol. The highest BCUT2D eigenvalue weighted by atomic mass is 19.3. The number of alkyl halides is 4. The van der Waals surface area contributed by atoms with Gasteiger partial charge in [-0.05, 0) is 48.0 Å². The van der Waals surface area contributed by atoms with E-state index in [-0.39, 0.29) is 28.6 Å². The molecular weight excluding hydrogens is 470 g/mol. The molecule has 1 aliphatic rings. The van der Waals surface area contributed by atoms with Crippen LogP contribution in [0.3, 0.4) is 0 Å². The number of rotatable bonds is 9. The summed E-state index contributed by atoms with van der Waals surface area (Å²) in [6, 6.07) is 12.3. The molecule has 2 aromatic carbocycles. The van der Waals surface area contributed by atoms with E-state index in [1.807, 2.05) is 0 Å². The number of ether oxygens (including phenoxy) is 3. The number of benzene rings is 2. The normalized spacial score (nSPS) is 15.8. The highest BCUT2D eigenvalue weighted by Crippen LogP contribution is 2.26. The van der Waals surface area contributed by atoms with Gasteiger partial charge in [-0.3, -0.25) is 9.80 Å². The Morgan fingerprint density at radius 2 is 1.69 bits per heavy atom. The molecule has 3 rings (SSSR count). The first-order valence-corrected chi connectivity index (χ1v) is 10.2. The molecular formula is C24H21F4N3O4. The summed E-state index contributed by atoms with van der Waals surface area (Å²) >= 11 is 0. The fourth-order valence-electron chi connectivity index (χ4n) is 3.04. The van der Waals surface area contributed by atoms with Crippen molar-refractivity contribution in [2.45, 2.75) is 13.0 Å². The van der Waals surface area contributed by atoms with Gasteiger partial charge in [0.25, 0.3) is 6.43 Å². The zero-order valence-electron chi connectivity index (χ0n) is 18.7. The number of hydrogen-bond acceptors (Lipinski definition) is 7. The SMILES string of the molecule is COc1ccc(N(C)/N=C2/C=CC(OCC(F)F)=N/C2=C(/C=O)c2ccc(OC(F)F)cc2)cc1. The van der Waals surface area contributed by atoms with E-state index in [1.54, 1.807) is 38.4 Å². The molecule has 0 aromatic heterocycles. The zero-order valence-corrected chi connectivity index (χ0v) is 18.7. The number of methoxy groups -OCH3 is 1. The Morgan fingerprint density at radius 1 is 1.03 bits per heavy atom. The highest BCUT2D eigenvalue weighted by Gasteiger charge is 2.20. The van der Waals surface area contributed by atoms with Crippen LogP contribution in [0.4, 0.5) is 23.2 Å². The third kappa shape index (κ3) is 6.92. The van der Waals surface area contributed by atoms with E-state index in [9.17, 15) is 22.4 Å². The van der Waals surface area contributed by atoms with E-state index in [0.717, 1.165) is 0 Å². The number of aliphatic imine (C=N–C) groups is 1. The molecule has 7 nitrogen and oxygen atoms in total. The van der Waals surface area contributed by atoms with Crippen molar-refractivity contribution in [2.75, 3.05) is 25.8 Å². The monoisotopic (exact) mass is 491 g/mol. The molecule has 2 aromatic rings. The second-order valence-corrected chi connectivity index (χ2v) is 6.98. The number of dihydropyridines is 1. The summed E-state index contributed by atoms with van der Waals surface area (Å²) in [6.45, 7) is -3.88. The summed E-state index contributed by atoms with van der Waals surface area (Å²) in [5, 5.41) is 6.02. The molecule has 0 saturated heterocycles. The highest BCUT2D eigenvalue weighted by molar-refractivity contribution is 6.25. The summed E-state index contributed by atoms with van der Waals surface area (Å²) < 4.78 is 64.6. The number of hydrogen-bond donors (Lipinski definition) is 0. The van der Waals surface area contributed by atoms with Crippen LogP contribution in [0, 0.1) is 0 Å². The summed E-state index contributed by atoms with van der Waals surface area (Å²) in [5.74, 6) is 0.421. The number of halogens is 4. The Bertz CT molecular complexity index is 1140. The van der Waals surface area contributed by atoms with Crippen molar-refractivity contribution in [1.29, 1.82) is 0 Å². The van der Waals surface area contributed by atoms with Crippen LogP contribution < -0.4 is 14.5 Å². The minimum Gasteiger partial charge on any atom is -0.497 e. The van der Waals surface area contributed by atoms with Gasteiger partial charge in [0.2, 0.25) is 5.90 Å². The van der Waals surface area contributed by atoms with Gasteiger partial charge >= 0.3 is 6.61 Å². The van der Waals surface area contributed by atoms with Crippen LogP contribution in [0.1, 0.15) is 5.56 Å². The van der Waals surface area contributed by atoms with Crippen molar-refractivity contribution in [3.63, 3.8) is 0 Å². The lowest BCUT2D eigenvalue weighted by Gasteiger charge is -2.19. The van der Waals surface area contributed by atoms with E-state index < -0.39 is 19.6 Å². The Balaban J connectivity index is 2.03. The van der Waals surface area contributed by atoms with Gasteiger partial charge in [0, 0.05) is 18.7 Å². The van der Waals surface area contributed by atoms with Gasteiger partial charge in [-0.25, -0.2) is 13.8 Å². The first kappa shape index (κ1) is 25.5. The van der Waals surface area contributed by atoms with E-state index in [1.165, 1.54) is 41.4 Å². The van der Waals surface area contributed by atoms with Crippen molar-refractivity contribution in [2.24, 2.45) is 10.1 Å². The van der Waals surface area contributed by atoms with Crippen LogP contribution in [-0.4, -0.2) is 51.7 Å². The van der Waals surface area contributed by atoms with Gasteiger partial charge in [-0.2, -0.15) is 13.9 Å². The molecule has 184 valence electrons. The Labute approximate surface area is 198 Å². The van der Waals surface area contributed by atoms with Gasteiger partial charge in [0.1, 0.15) is 22.9 Å². The first-order chi connectivity index (χ1) is 16.8. The lowest BCUT2D eigenvalue weighted by Crippen LogP contribution is -2.19. The second-order valence-electron chi connectivity index (χ2n) is 6.98. The standard InChI is InChI=1S/C24H21F4N3O4/c1-31(16-5-9-17(33-2)10-6-16)30-20-11-12-22(34-14-21(25)26)29-23(20)19(13-32)15-3-7-18(8-4-15)35-24(27)28/h3-13,21,24H,14H2,1-2H3/b23-19-,30-20-. The summed E-state index contributed by atoms with van der Waals surface area (Å²) in [6.07, 6.45) is 0.618. The maximum absolute atomic E-state index is 12.6. The molecule has 0 radical (unpaired) electrons. The number of aldehydes is 1. The van der Waals surface area contributed by atoms with Gasteiger partial charge in [0.15, 0.2) is 12.9 Å². The second kappa shape index (κ2) is 11.8. The fraction of sp³-hybridized carbons (Fsp3) is 0.208. The molecule has 0 N–H and O–H groups in total. The summed E-state index contributed by atoms with van der Waals surface area (Å²) in [7, 11) is 3.21. The maximum atomic E-state index is 12.6. The number of carbonyl (C=O) groups is 1. The molecule has 1 heterocycles. The molecule has 11 heteroatoms. The predicted molar refractivity (Wildman–Crippen MR) is 123 cm³/mol. The number of anilines is 1. The smallest absolute Gasteiger partial charge is 0.387 e. The van der Waals surface area contributed by atoms with Gasteiger partial charge in [-0.1, -0.05) is 12.1 Å². The summed E-state index contributed by atoms with van der Waals surface area (Å²) in [5.41, 5.74) is 1.34. The predicted octanol–water partition coefficient (Wildman–Crippen LogP) is 4.95. The molecule has 0 unspecified atom stereocenters. The molecule has 1 aliphatic heterocycles. The van der Waals surface area contributed by atoms with Gasteiger partial charge < -0.3 is 14.2 Å². The number of nitrogens with zero attached hydrogens (tertiary/aromatic N) is 3. The van der Waals surface area contributed by atoms with Crippen molar-refractivity contribution in [3.8, 4) is 11.5 Å². The number of carbonyl (C=O) groups excluding carboxylic acids is 1. The van der Waals surface area contributed by atoms with Crippen LogP contribution in [0.5, 0.6) is 11.5 Å². The Hall–Kier alpha value is -4.15. The minimum atomic E-state index is -3.00. The molecule has 0 amide bonds. The van der Waals surface area contributed by atoms with E-state index in [0.29, 0.717) is 23.3 Å². The van der Waals surface area contributed by atoms with Crippen LogP contribution in [0.2, 0.25) is 0 Å². The quantitative estimate of drug-likeness (QED) is 0.215. The first-order valence-electron chi connectivity index (χ1n) is 10.2. The number of hydrazone groups is 1. The molecule has 0 fully saturated rings.